The minimum absolute atomic E-state index is 0.251. The van der Waals surface area contributed by atoms with E-state index >= 15 is 0 Å². The van der Waals surface area contributed by atoms with Crippen molar-refractivity contribution in [2.24, 2.45) is 12.8 Å². The number of para-hydroxylation sites is 1. The Kier molecular flexibility index (Phi) is 7.98. The number of carbonyl (C=O) groups is 3. The lowest BCUT2D eigenvalue weighted by atomic mass is 10.0. The van der Waals surface area contributed by atoms with E-state index in [-0.39, 0.29) is 5.78 Å². The summed E-state index contributed by atoms with van der Waals surface area (Å²) in [7, 11) is 1.82. The zero-order valence-corrected chi connectivity index (χ0v) is 20.4. The average molecular weight is 475 g/mol. The number of nitrogen functional groups attached to an aromatic ring is 1. The summed E-state index contributed by atoms with van der Waals surface area (Å²) in [5.41, 5.74) is 15.2. The van der Waals surface area contributed by atoms with E-state index in [1.54, 1.807) is 13.8 Å². The molecule has 2 amide bonds. The van der Waals surface area contributed by atoms with E-state index in [0.29, 0.717) is 11.4 Å². The normalized spacial score (nSPS) is 13.9. The molecule has 3 atom stereocenters. The molecular weight excluding hydrogens is 442 g/mol. The number of hydrogen-bond acceptors (Lipinski definition) is 5. The number of Topliss-reactive ketones (excluding diaryl/α,β-unsaturated/α-hetero) is 1. The van der Waals surface area contributed by atoms with Gasteiger partial charge >= 0.3 is 0 Å². The van der Waals surface area contributed by atoms with Crippen molar-refractivity contribution in [2.75, 3.05) is 5.73 Å². The standard InChI is InChI=1S/C27H31N5O3/c1-16(28)26(34)31-18(3)27(35)30-17(2)25(33)24-15-20(12-9-19-10-13-21(29)14-11-19)22-7-5-6-8-23(22)32(24)4/h5-18,29H,28H2,1-4H3,(H2,30,31,34,35)/p+1. The summed E-state index contributed by atoms with van der Waals surface area (Å²) in [6.45, 7) is 4.70. The maximum Gasteiger partial charge on any atom is 0.251 e. The second-order valence-electron chi connectivity index (χ2n) is 8.67. The molecule has 1 aromatic heterocycles. The summed E-state index contributed by atoms with van der Waals surface area (Å²) in [4.78, 5) is 37.7. The molecule has 3 unspecified atom stereocenters. The first-order chi connectivity index (χ1) is 16.6. The van der Waals surface area contributed by atoms with Crippen LogP contribution in [0.2, 0.25) is 0 Å². The number of nitrogens with two attached hydrogens (primary N) is 2. The predicted octanol–water partition coefficient (Wildman–Crippen LogP) is 1.96. The Hall–Kier alpha value is -4.04. The van der Waals surface area contributed by atoms with Gasteiger partial charge < -0.3 is 22.1 Å². The Morgan fingerprint density at radius 2 is 1.51 bits per heavy atom. The maximum absolute atomic E-state index is 13.4. The summed E-state index contributed by atoms with van der Waals surface area (Å²) in [5.74, 6) is -1.16. The zero-order chi connectivity index (χ0) is 25.7. The first kappa shape index (κ1) is 25.6. The number of nitrogens with zero attached hydrogens (tertiary/aromatic N) is 1. The first-order valence-electron chi connectivity index (χ1n) is 11.4. The number of ketones is 1. The summed E-state index contributed by atoms with van der Waals surface area (Å²) < 4.78 is 1.82. The van der Waals surface area contributed by atoms with Gasteiger partial charge in [0.1, 0.15) is 13.1 Å². The van der Waals surface area contributed by atoms with Crippen molar-refractivity contribution in [3.8, 4) is 0 Å². The van der Waals surface area contributed by atoms with Crippen LogP contribution in [0.25, 0.3) is 23.1 Å². The van der Waals surface area contributed by atoms with Crippen LogP contribution in [0.3, 0.4) is 0 Å². The minimum atomic E-state index is -0.826. The Bertz CT molecular complexity index is 1280. The van der Waals surface area contributed by atoms with E-state index in [9.17, 15) is 14.4 Å². The molecule has 0 saturated heterocycles. The molecule has 0 aliphatic carbocycles. The molecular formula is C27H32N5O3+. The van der Waals surface area contributed by atoms with Crippen LogP contribution in [-0.4, -0.2) is 35.7 Å². The summed E-state index contributed by atoms with van der Waals surface area (Å²) >= 11 is 0. The van der Waals surface area contributed by atoms with Gasteiger partial charge in [-0.2, -0.15) is 4.57 Å². The Balaban J connectivity index is 1.89. The van der Waals surface area contributed by atoms with Gasteiger partial charge in [-0.3, -0.25) is 14.4 Å². The largest absolute Gasteiger partial charge is 0.399 e. The molecule has 0 radical (unpaired) electrons. The highest BCUT2D eigenvalue weighted by Crippen LogP contribution is 2.21. The van der Waals surface area contributed by atoms with Gasteiger partial charge in [0.2, 0.25) is 23.1 Å². The second-order valence-corrected chi connectivity index (χ2v) is 8.67. The van der Waals surface area contributed by atoms with Crippen LogP contribution in [0.4, 0.5) is 5.69 Å². The second kappa shape index (κ2) is 10.9. The number of rotatable bonds is 8. The Morgan fingerprint density at radius 1 is 0.886 bits per heavy atom. The van der Waals surface area contributed by atoms with Crippen molar-refractivity contribution < 1.29 is 19.0 Å². The fourth-order valence-electron chi connectivity index (χ4n) is 3.67. The van der Waals surface area contributed by atoms with Gasteiger partial charge in [-0.25, -0.2) is 0 Å². The first-order valence-corrected chi connectivity index (χ1v) is 11.4. The molecule has 1 heterocycles. The molecule has 35 heavy (non-hydrogen) atoms. The molecule has 2 aromatic carbocycles. The highest BCUT2D eigenvalue weighted by Gasteiger charge is 2.28. The van der Waals surface area contributed by atoms with Crippen LogP contribution in [0.1, 0.15) is 42.4 Å². The van der Waals surface area contributed by atoms with E-state index in [0.717, 1.165) is 22.0 Å². The van der Waals surface area contributed by atoms with Gasteiger partial charge in [-0.05, 0) is 50.1 Å². The van der Waals surface area contributed by atoms with Crippen molar-refractivity contribution >= 4 is 46.3 Å². The lowest BCUT2D eigenvalue weighted by Crippen LogP contribution is -2.53. The van der Waals surface area contributed by atoms with E-state index in [2.05, 4.69) is 10.6 Å². The number of anilines is 1. The third-order valence-corrected chi connectivity index (χ3v) is 5.79. The number of benzene rings is 2. The molecule has 0 fully saturated rings. The van der Waals surface area contributed by atoms with Gasteiger partial charge in [0.25, 0.3) is 5.69 Å². The maximum atomic E-state index is 13.4. The highest BCUT2D eigenvalue weighted by atomic mass is 16.2. The van der Waals surface area contributed by atoms with Crippen molar-refractivity contribution in [3.63, 3.8) is 0 Å². The molecule has 8 nitrogen and oxygen atoms in total. The molecule has 0 spiro atoms. The van der Waals surface area contributed by atoms with Crippen molar-refractivity contribution in [3.05, 3.63) is 71.4 Å². The molecule has 182 valence electrons. The van der Waals surface area contributed by atoms with Crippen LogP contribution >= 0.6 is 0 Å². The summed E-state index contributed by atoms with van der Waals surface area (Å²) in [6, 6.07) is 14.8. The zero-order valence-electron chi connectivity index (χ0n) is 20.4. The van der Waals surface area contributed by atoms with Gasteiger partial charge in [0.15, 0.2) is 0 Å². The molecule has 0 aliphatic rings. The molecule has 3 rings (SSSR count). The molecule has 0 aliphatic heterocycles. The summed E-state index contributed by atoms with van der Waals surface area (Å²) in [6.07, 6.45) is 3.92. The topological polar surface area (TPSA) is 131 Å². The van der Waals surface area contributed by atoms with Crippen LogP contribution < -0.4 is 26.7 Å². The number of pyridine rings is 1. The molecule has 6 N–H and O–H groups in total. The number of aromatic nitrogens is 1. The Labute approximate surface area is 205 Å². The van der Waals surface area contributed by atoms with Crippen LogP contribution in [-0.2, 0) is 16.6 Å². The predicted molar refractivity (Wildman–Crippen MR) is 138 cm³/mol. The van der Waals surface area contributed by atoms with Gasteiger partial charge in [0, 0.05) is 17.8 Å². The van der Waals surface area contributed by atoms with Gasteiger partial charge in [0.05, 0.1) is 17.5 Å². The lowest BCUT2D eigenvalue weighted by Gasteiger charge is -2.18. The smallest absolute Gasteiger partial charge is 0.251 e. The third kappa shape index (κ3) is 6.10. The molecule has 0 saturated carbocycles. The number of hydrogen-bond donors (Lipinski definition) is 4. The quantitative estimate of drug-likeness (QED) is 0.225. The molecule has 8 heteroatoms. The molecule has 3 aromatic rings. The van der Waals surface area contributed by atoms with Gasteiger partial charge in [-0.15, -0.1) is 0 Å². The van der Waals surface area contributed by atoms with Crippen molar-refractivity contribution in [1.82, 2.24) is 10.6 Å². The van der Waals surface area contributed by atoms with E-state index in [1.807, 2.05) is 78.4 Å². The fraction of sp³-hybridized carbons (Fsp3) is 0.259. The Morgan fingerprint density at radius 3 is 2.17 bits per heavy atom. The van der Waals surface area contributed by atoms with Crippen molar-refractivity contribution in [2.45, 2.75) is 38.9 Å². The van der Waals surface area contributed by atoms with E-state index in [4.69, 9.17) is 11.5 Å². The third-order valence-electron chi connectivity index (χ3n) is 5.79. The van der Waals surface area contributed by atoms with E-state index < -0.39 is 29.9 Å². The number of aryl methyl sites for hydroxylation is 1. The summed E-state index contributed by atoms with van der Waals surface area (Å²) in [5, 5.41) is 6.22. The SMILES string of the molecule is CC(N)C(=O)NC(C)C(=O)NC(C)C(=O)c1cc(C=Cc2ccc(N)cc2)c2ccccc2[n+]1C. The number of carbonyl (C=O) groups excluding carboxylic acids is 3. The molecule has 0 bridgehead atoms. The van der Waals surface area contributed by atoms with Crippen LogP contribution in [0.5, 0.6) is 0 Å². The van der Waals surface area contributed by atoms with Crippen molar-refractivity contribution in [1.29, 1.82) is 0 Å². The number of amides is 2. The number of fused-ring (bicyclic) bond motifs is 1. The highest BCUT2D eigenvalue weighted by molar-refractivity contribution is 6.02. The lowest BCUT2D eigenvalue weighted by molar-refractivity contribution is -0.647. The van der Waals surface area contributed by atoms with Crippen LogP contribution in [0.15, 0.2) is 54.6 Å². The van der Waals surface area contributed by atoms with E-state index in [1.165, 1.54) is 6.92 Å². The minimum Gasteiger partial charge on any atom is -0.399 e. The average Bonchev–Trinajstić information content (AvgIpc) is 2.84. The van der Waals surface area contributed by atoms with Gasteiger partial charge in [-0.1, -0.05) is 36.4 Å². The fourth-order valence-corrected chi connectivity index (χ4v) is 3.67. The monoisotopic (exact) mass is 474 g/mol. The number of nitrogens with one attached hydrogen (secondary N) is 2. The van der Waals surface area contributed by atoms with Crippen LogP contribution in [0, 0.1) is 0 Å².